The van der Waals surface area contributed by atoms with E-state index in [0.29, 0.717) is 25.9 Å². The summed E-state index contributed by atoms with van der Waals surface area (Å²) < 4.78 is 13.1. The fraction of sp³-hybridized carbons (Fsp3) is 0.263. The van der Waals surface area contributed by atoms with Crippen molar-refractivity contribution in [3.63, 3.8) is 0 Å². The highest BCUT2D eigenvalue weighted by Crippen LogP contribution is 2.24. The third-order valence-electron chi connectivity index (χ3n) is 4.36. The van der Waals surface area contributed by atoms with Crippen molar-refractivity contribution in [2.75, 3.05) is 18.4 Å². The van der Waals surface area contributed by atoms with E-state index in [1.165, 1.54) is 12.1 Å². The smallest absolute Gasteiger partial charge is 0.255 e. The monoisotopic (exact) mass is 360 g/mol. The zero-order chi connectivity index (χ0) is 17.8. The minimum Gasteiger partial charge on any atom is -0.339 e. The summed E-state index contributed by atoms with van der Waals surface area (Å²) in [5, 5.41) is 3.00. The van der Waals surface area contributed by atoms with E-state index in [1.54, 1.807) is 4.90 Å². The number of nitrogens with one attached hydrogen (secondary N) is 1. The molecule has 130 valence electrons. The van der Waals surface area contributed by atoms with Crippen LogP contribution >= 0.6 is 11.6 Å². The molecule has 0 unspecified atom stereocenters. The van der Waals surface area contributed by atoms with E-state index in [4.69, 9.17) is 11.6 Å². The average Bonchev–Trinajstić information content (AvgIpc) is 2.62. The summed E-state index contributed by atoms with van der Waals surface area (Å²) in [5.41, 5.74) is 1.05. The molecule has 0 saturated carbocycles. The molecular weight excluding hydrogens is 343 g/mol. The molecule has 4 nitrogen and oxygen atoms in total. The van der Waals surface area contributed by atoms with Crippen molar-refractivity contribution in [1.82, 2.24) is 4.90 Å². The Morgan fingerprint density at radius 1 is 1.08 bits per heavy atom. The van der Waals surface area contributed by atoms with Crippen LogP contribution in [-0.2, 0) is 4.79 Å². The van der Waals surface area contributed by atoms with Crippen LogP contribution in [0.5, 0.6) is 0 Å². The number of para-hydroxylation sites is 1. The van der Waals surface area contributed by atoms with Gasteiger partial charge in [-0.2, -0.15) is 0 Å². The van der Waals surface area contributed by atoms with Gasteiger partial charge in [-0.25, -0.2) is 4.39 Å². The zero-order valence-corrected chi connectivity index (χ0v) is 14.3. The molecule has 0 radical (unpaired) electrons. The molecule has 2 aromatic rings. The van der Waals surface area contributed by atoms with Gasteiger partial charge in [-0.05, 0) is 43.2 Å². The molecule has 1 saturated heterocycles. The first-order chi connectivity index (χ1) is 12.0. The predicted molar refractivity (Wildman–Crippen MR) is 95.1 cm³/mol. The summed E-state index contributed by atoms with van der Waals surface area (Å²) in [6, 6.07) is 13.1. The summed E-state index contributed by atoms with van der Waals surface area (Å²) in [4.78, 5) is 26.5. The summed E-state index contributed by atoms with van der Waals surface area (Å²) in [5.74, 6) is -0.865. The topological polar surface area (TPSA) is 49.4 Å². The Morgan fingerprint density at radius 3 is 2.40 bits per heavy atom. The minimum atomic E-state index is -0.474. The number of hydrogen-bond acceptors (Lipinski definition) is 2. The summed E-state index contributed by atoms with van der Waals surface area (Å²) in [6.07, 6.45) is 1.17. The number of anilines is 1. The lowest BCUT2D eigenvalue weighted by Crippen LogP contribution is -2.41. The van der Waals surface area contributed by atoms with Crippen LogP contribution in [0.4, 0.5) is 10.1 Å². The third-order valence-corrected chi connectivity index (χ3v) is 4.67. The van der Waals surface area contributed by atoms with Crippen LogP contribution in [0.2, 0.25) is 5.02 Å². The van der Waals surface area contributed by atoms with E-state index >= 15 is 0 Å². The van der Waals surface area contributed by atoms with Crippen LogP contribution < -0.4 is 5.32 Å². The maximum atomic E-state index is 13.1. The Morgan fingerprint density at radius 2 is 1.76 bits per heavy atom. The SMILES string of the molecule is O=C(Nc1ccccc1)C1CCN(C(=O)c2ccc(F)cc2Cl)CC1. The summed E-state index contributed by atoms with van der Waals surface area (Å²) in [6.45, 7) is 0.943. The second-order valence-corrected chi connectivity index (χ2v) is 6.45. The van der Waals surface area contributed by atoms with Crippen molar-refractivity contribution in [3.8, 4) is 0 Å². The molecule has 25 heavy (non-hydrogen) atoms. The Bertz CT molecular complexity index is 774. The highest BCUT2D eigenvalue weighted by atomic mass is 35.5. The quantitative estimate of drug-likeness (QED) is 0.900. The molecular formula is C19H18ClFN2O2. The molecule has 1 aliphatic heterocycles. The van der Waals surface area contributed by atoms with Gasteiger partial charge >= 0.3 is 0 Å². The number of benzene rings is 2. The molecule has 0 aromatic heterocycles. The van der Waals surface area contributed by atoms with Crippen LogP contribution in [0.15, 0.2) is 48.5 Å². The standard InChI is InChI=1S/C19H18ClFN2O2/c20-17-12-14(21)6-7-16(17)19(25)23-10-8-13(9-11-23)18(24)22-15-4-2-1-3-5-15/h1-7,12-13H,8-11H2,(H,22,24). The lowest BCUT2D eigenvalue weighted by Gasteiger charge is -2.31. The van der Waals surface area contributed by atoms with Gasteiger partial charge in [0.05, 0.1) is 10.6 Å². The molecule has 1 N–H and O–H groups in total. The highest BCUT2D eigenvalue weighted by molar-refractivity contribution is 6.33. The second kappa shape index (κ2) is 7.66. The molecule has 2 amide bonds. The van der Waals surface area contributed by atoms with Gasteiger partial charge in [0, 0.05) is 24.7 Å². The van der Waals surface area contributed by atoms with Crippen molar-refractivity contribution >= 4 is 29.1 Å². The van der Waals surface area contributed by atoms with E-state index in [1.807, 2.05) is 30.3 Å². The van der Waals surface area contributed by atoms with Gasteiger partial charge in [-0.3, -0.25) is 9.59 Å². The number of hydrogen-bond donors (Lipinski definition) is 1. The van der Waals surface area contributed by atoms with E-state index in [-0.39, 0.29) is 28.3 Å². The molecule has 0 atom stereocenters. The van der Waals surface area contributed by atoms with E-state index < -0.39 is 5.82 Å². The molecule has 0 bridgehead atoms. The van der Waals surface area contributed by atoms with E-state index in [2.05, 4.69) is 5.32 Å². The number of piperidine rings is 1. The second-order valence-electron chi connectivity index (χ2n) is 6.05. The number of carbonyl (C=O) groups excluding carboxylic acids is 2. The Hall–Kier alpha value is -2.40. The fourth-order valence-corrected chi connectivity index (χ4v) is 3.19. The van der Waals surface area contributed by atoms with Crippen molar-refractivity contribution in [1.29, 1.82) is 0 Å². The summed E-state index contributed by atoms with van der Waals surface area (Å²) in [7, 11) is 0. The van der Waals surface area contributed by atoms with Crippen LogP contribution in [-0.4, -0.2) is 29.8 Å². The van der Waals surface area contributed by atoms with Crippen LogP contribution in [0.1, 0.15) is 23.2 Å². The third kappa shape index (κ3) is 4.17. The van der Waals surface area contributed by atoms with Gasteiger partial charge in [0.1, 0.15) is 5.82 Å². The molecule has 2 aromatic carbocycles. The Labute approximate surface area is 150 Å². The highest BCUT2D eigenvalue weighted by Gasteiger charge is 2.28. The van der Waals surface area contributed by atoms with Crippen molar-refractivity contribution in [3.05, 3.63) is 64.9 Å². The number of nitrogens with zero attached hydrogens (tertiary/aromatic N) is 1. The number of halogens is 2. The van der Waals surface area contributed by atoms with Crippen molar-refractivity contribution in [2.24, 2.45) is 5.92 Å². The number of likely N-dealkylation sites (tertiary alicyclic amines) is 1. The first-order valence-corrected chi connectivity index (χ1v) is 8.52. The van der Waals surface area contributed by atoms with Gasteiger partial charge in [-0.15, -0.1) is 0 Å². The van der Waals surface area contributed by atoms with E-state index in [9.17, 15) is 14.0 Å². The first kappa shape index (κ1) is 17.4. The van der Waals surface area contributed by atoms with Gasteiger partial charge < -0.3 is 10.2 Å². The molecule has 1 heterocycles. The first-order valence-electron chi connectivity index (χ1n) is 8.15. The maximum absolute atomic E-state index is 13.1. The van der Waals surface area contributed by atoms with Gasteiger partial charge in [-0.1, -0.05) is 29.8 Å². The van der Waals surface area contributed by atoms with Crippen LogP contribution in [0.25, 0.3) is 0 Å². The largest absolute Gasteiger partial charge is 0.339 e. The normalized spacial score (nSPS) is 15.0. The maximum Gasteiger partial charge on any atom is 0.255 e. The summed E-state index contributed by atoms with van der Waals surface area (Å²) >= 11 is 5.96. The predicted octanol–water partition coefficient (Wildman–Crippen LogP) is 3.97. The lowest BCUT2D eigenvalue weighted by molar-refractivity contribution is -0.121. The molecule has 3 rings (SSSR count). The minimum absolute atomic E-state index is 0.0295. The molecule has 1 fully saturated rings. The van der Waals surface area contributed by atoms with Gasteiger partial charge in [0.2, 0.25) is 5.91 Å². The van der Waals surface area contributed by atoms with Crippen molar-refractivity contribution < 1.29 is 14.0 Å². The Kier molecular flexibility index (Phi) is 5.34. The van der Waals surface area contributed by atoms with Crippen LogP contribution in [0.3, 0.4) is 0 Å². The number of rotatable bonds is 3. The molecule has 0 aliphatic carbocycles. The molecule has 1 aliphatic rings. The zero-order valence-electron chi connectivity index (χ0n) is 13.5. The Balaban J connectivity index is 1.58. The average molecular weight is 361 g/mol. The van der Waals surface area contributed by atoms with Crippen LogP contribution in [0, 0.1) is 11.7 Å². The van der Waals surface area contributed by atoms with Gasteiger partial charge in [0.25, 0.3) is 5.91 Å². The molecule has 6 heteroatoms. The van der Waals surface area contributed by atoms with E-state index in [0.717, 1.165) is 11.8 Å². The van der Waals surface area contributed by atoms with Crippen molar-refractivity contribution in [2.45, 2.75) is 12.8 Å². The van der Waals surface area contributed by atoms with Gasteiger partial charge in [0.15, 0.2) is 0 Å². The number of amides is 2. The molecule has 0 spiro atoms. The number of carbonyl (C=O) groups is 2. The fourth-order valence-electron chi connectivity index (χ4n) is 2.94. The lowest BCUT2D eigenvalue weighted by atomic mass is 9.95.